The van der Waals surface area contributed by atoms with Gasteiger partial charge in [-0.25, -0.2) is 0 Å². The first-order valence-corrected chi connectivity index (χ1v) is 9.99. The second kappa shape index (κ2) is 13.3. The highest BCUT2D eigenvalue weighted by Gasteiger charge is 2.08. The minimum Gasteiger partial charge on any atom is -0.357 e. The van der Waals surface area contributed by atoms with Gasteiger partial charge in [0, 0.05) is 25.4 Å². The summed E-state index contributed by atoms with van der Waals surface area (Å²) in [5.41, 5.74) is 0. The first-order valence-electron chi connectivity index (χ1n) is 8.60. The Morgan fingerprint density at radius 3 is 2.62 bits per heavy atom. The van der Waals surface area contributed by atoms with E-state index >= 15 is 0 Å². The van der Waals surface area contributed by atoms with Gasteiger partial charge in [-0.2, -0.15) is 11.8 Å². The van der Waals surface area contributed by atoms with Gasteiger partial charge in [0.1, 0.15) is 0 Å². The van der Waals surface area contributed by atoms with E-state index in [1.807, 2.05) is 11.8 Å². The number of unbranched alkanes of at least 4 members (excludes halogenated alkanes) is 2. The van der Waals surface area contributed by atoms with Crippen molar-refractivity contribution in [1.29, 1.82) is 0 Å². The van der Waals surface area contributed by atoms with Crippen LogP contribution in [0.5, 0.6) is 0 Å². The summed E-state index contributed by atoms with van der Waals surface area (Å²) in [6.07, 6.45) is 10.2. The quantitative estimate of drug-likeness (QED) is 0.369. The lowest BCUT2D eigenvalue weighted by Gasteiger charge is -2.26. The summed E-state index contributed by atoms with van der Waals surface area (Å²) in [4.78, 5) is 7.27. The van der Waals surface area contributed by atoms with E-state index in [0.717, 1.165) is 31.3 Å². The molecule has 0 radical (unpaired) electrons. The molecule has 1 saturated heterocycles. The van der Waals surface area contributed by atoms with Gasteiger partial charge in [0.05, 0.1) is 0 Å². The Hall–Kier alpha value is -0.420. The van der Waals surface area contributed by atoms with E-state index in [1.54, 1.807) is 0 Å². The van der Waals surface area contributed by atoms with Gasteiger partial charge in [0.2, 0.25) is 0 Å². The molecule has 2 N–H and O–H groups in total. The fourth-order valence-corrected chi connectivity index (χ4v) is 2.92. The molecule has 0 amide bonds. The van der Waals surface area contributed by atoms with E-state index in [0.29, 0.717) is 0 Å². The zero-order valence-electron chi connectivity index (χ0n) is 14.0. The molecule has 1 fully saturated rings. The summed E-state index contributed by atoms with van der Waals surface area (Å²) in [5, 5.41) is 6.68. The molecule has 1 heterocycles. The van der Waals surface area contributed by atoms with Crippen LogP contribution in [0.2, 0.25) is 0 Å². The van der Waals surface area contributed by atoms with Gasteiger partial charge < -0.3 is 15.5 Å². The van der Waals surface area contributed by atoms with Crippen LogP contribution in [-0.2, 0) is 0 Å². The molecule has 0 aromatic carbocycles. The minimum absolute atomic E-state index is 0.931. The van der Waals surface area contributed by atoms with Gasteiger partial charge in [-0.3, -0.25) is 4.99 Å². The lowest BCUT2D eigenvalue weighted by molar-refractivity contribution is 0.224. The molecule has 0 aliphatic carbocycles. The highest BCUT2D eigenvalue weighted by Crippen LogP contribution is 2.09. The molecule has 0 saturated carbocycles. The van der Waals surface area contributed by atoms with Crippen molar-refractivity contribution in [2.24, 2.45) is 4.99 Å². The molecule has 1 rings (SSSR count). The number of hydrogen-bond donors (Lipinski definition) is 2. The maximum Gasteiger partial charge on any atom is 0.191 e. The van der Waals surface area contributed by atoms with Crippen LogP contribution in [0.4, 0.5) is 0 Å². The number of nitrogens with zero attached hydrogens (tertiary/aromatic N) is 2. The molecular weight excluding hydrogens is 280 g/mol. The zero-order valence-corrected chi connectivity index (χ0v) is 14.8. The Bertz CT molecular complexity index is 265. The summed E-state index contributed by atoms with van der Waals surface area (Å²) < 4.78 is 0. The molecule has 4 nitrogen and oxygen atoms in total. The minimum atomic E-state index is 0.931. The van der Waals surface area contributed by atoms with Crippen molar-refractivity contribution < 1.29 is 0 Å². The summed E-state index contributed by atoms with van der Waals surface area (Å²) in [5.74, 6) is 2.10. The number of nitrogens with one attached hydrogen (secondary N) is 2. The van der Waals surface area contributed by atoms with Gasteiger partial charge in [0.25, 0.3) is 0 Å². The van der Waals surface area contributed by atoms with E-state index in [-0.39, 0.29) is 0 Å². The Kier molecular flexibility index (Phi) is 11.8. The lowest BCUT2D eigenvalue weighted by atomic mass is 10.1. The Labute approximate surface area is 135 Å². The van der Waals surface area contributed by atoms with E-state index < -0.39 is 0 Å². The van der Waals surface area contributed by atoms with Gasteiger partial charge in [-0.05, 0) is 58.5 Å². The predicted octanol–water partition coefficient (Wildman–Crippen LogP) is 2.56. The monoisotopic (exact) mass is 314 g/mol. The van der Waals surface area contributed by atoms with E-state index in [4.69, 9.17) is 0 Å². The molecule has 0 bridgehead atoms. The van der Waals surface area contributed by atoms with Crippen LogP contribution in [0.1, 0.15) is 45.4 Å². The Morgan fingerprint density at radius 2 is 1.90 bits per heavy atom. The Morgan fingerprint density at radius 1 is 1.10 bits per heavy atom. The molecule has 1 aliphatic rings. The predicted molar refractivity (Wildman–Crippen MR) is 96.5 cm³/mol. The first kappa shape index (κ1) is 18.6. The van der Waals surface area contributed by atoms with Gasteiger partial charge >= 0.3 is 0 Å². The van der Waals surface area contributed by atoms with Crippen LogP contribution in [0.15, 0.2) is 4.99 Å². The number of rotatable bonds is 10. The number of thioether (sulfide) groups is 1. The average Bonchev–Trinajstić information content (AvgIpc) is 2.52. The molecule has 0 aromatic rings. The molecular formula is C16H34N4S. The van der Waals surface area contributed by atoms with Crippen molar-refractivity contribution in [3.63, 3.8) is 0 Å². The van der Waals surface area contributed by atoms with E-state index in [9.17, 15) is 0 Å². The third-order valence-corrected chi connectivity index (χ3v) is 4.41. The molecule has 21 heavy (non-hydrogen) atoms. The maximum absolute atomic E-state index is 4.64. The number of aliphatic imine (C=N–C) groups is 1. The molecule has 0 atom stereocenters. The molecule has 0 spiro atoms. The van der Waals surface area contributed by atoms with Crippen LogP contribution in [0, 0.1) is 0 Å². The smallest absolute Gasteiger partial charge is 0.191 e. The molecule has 0 aromatic heterocycles. The van der Waals surface area contributed by atoms with E-state index in [1.165, 1.54) is 58.2 Å². The summed E-state index contributed by atoms with van der Waals surface area (Å²) in [6, 6.07) is 0. The zero-order chi connectivity index (χ0) is 15.2. The van der Waals surface area contributed by atoms with Gasteiger partial charge in [0.15, 0.2) is 5.96 Å². The fraction of sp³-hybridized carbons (Fsp3) is 0.938. The highest BCUT2D eigenvalue weighted by molar-refractivity contribution is 7.98. The normalized spacial score (nSPS) is 17.0. The van der Waals surface area contributed by atoms with Crippen molar-refractivity contribution >= 4 is 17.7 Å². The largest absolute Gasteiger partial charge is 0.357 e. The standard InChI is InChI=1S/C16H34N4S/c1-3-17-16(19-11-15-21-2)18-10-6-4-7-12-20-13-8-5-9-14-20/h3-15H2,1-2H3,(H2,17,18,19). The maximum atomic E-state index is 4.64. The summed E-state index contributed by atoms with van der Waals surface area (Å²) in [7, 11) is 0. The van der Waals surface area contributed by atoms with E-state index in [2.05, 4.69) is 33.7 Å². The fourth-order valence-electron chi connectivity index (χ4n) is 2.61. The third kappa shape index (κ3) is 10.0. The van der Waals surface area contributed by atoms with Crippen molar-refractivity contribution in [3.05, 3.63) is 0 Å². The van der Waals surface area contributed by atoms with Crippen molar-refractivity contribution in [1.82, 2.24) is 15.5 Å². The molecule has 5 heteroatoms. The second-order valence-electron chi connectivity index (χ2n) is 5.64. The first-order chi connectivity index (χ1) is 10.4. The molecule has 1 aliphatic heterocycles. The number of hydrogen-bond acceptors (Lipinski definition) is 3. The SMILES string of the molecule is CCNC(=NCCCCCN1CCCCC1)NCCSC. The number of piperidine rings is 1. The van der Waals surface area contributed by atoms with Crippen molar-refractivity contribution in [2.45, 2.75) is 45.4 Å². The van der Waals surface area contributed by atoms with Crippen LogP contribution < -0.4 is 10.6 Å². The van der Waals surface area contributed by atoms with Gasteiger partial charge in [-0.1, -0.05) is 12.8 Å². The topological polar surface area (TPSA) is 39.7 Å². The molecule has 0 unspecified atom stereocenters. The van der Waals surface area contributed by atoms with Crippen molar-refractivity contribution in [3.8, 4) is 0 Å². The van der Waals surface area contributed by atoms with Crippen LogP contribution in [0.3, 0.4) is 0 Å². The third-order valence-electron chi connectivity index (χ3n) is 3.79. The highest BCUT2D eigenvalue weighted by atomic mass is 32.2. The number of guanidine groups is 1. The van der Waals surface area contributed by atoms with Crippen LogP contribution >= 0.6 is 11.8 Å². The van der Waals surface area contributed by atoms with Gasteiger partial charge in [-0.15, -0.1) is 0 Å². The summed E-state index contributed by atoms with van der Waals surface area (Å²) >= 11 is 1.86. The molecule has 124 valence electrons. The average molecular weight is 315 g/mol. The lowest BCUT2D eigenvalue weighted by Crippen LogP contribution is -2.38. The van der Waals surface area contributed by atoms with Crippen LogP contribution in [-0.4, -0.2) is 62.1 Å². The summed E-state index contributed by atoms with van der Waals surface area (Å²) in [6.45, 7) is 8.90. The second-order valence-corrected chi connectivity index (χ2v) is 6.63. The van der Waals surface area contributed by atoms with Crippen LogP contribution in [0.25, 0.3) is 0 Å². The number of likely N-dealkylation sites (tertiary alicyclic amines) is 1. The van der Waals surface area contributed by atoms with Crippen molar-refractivity contribution in [2.75, 3.05) is 51.3 Å². The Balaban J connectivity index is 2.03.